The van der Waals surface area contributed by atoms with Gasteiger partial charge in [-0.05, 0) is 42.8 Å². The number of rotatable bonds is 4. The molecule has 1 unspecified atom stereocenters. The van der Waals surface area contributed by atoms with Gasteiger partial charge in [-0.25, -0.2) is 4.79 Å². The van der Waals surface area contributed by atoms with Gasteiger partial charge in [0.1, 0.15) is 11.3 Å². The topological polar surface area (TPSA) is 100 Å². The van der Waals surface area contributed by atoms with E-state index in [1.54, 1.807) is 49.4 Å². The van der Waals surface area contributed by atoms with Crippen LogP contribution in [0.1, 0.15) is 18.2 Å². The maximum atomic E-state index is 12.0. The first-order valence-electron chi connectivity index (χ1n) is 7.24. The number of urea groups is 1. The van der Waals surface area contributed by atoms with Gasteiger partial charge in [0, 0.05) is 11.8 Å². The van der Waals surface area contributed by atoms with Crippen LogP contribution in [0.2, 0.25) is 0 Å². The van der Waals surface area contributed by atoms with E-state index in [9.17, 15) is 14.4 Å². The van der Waals surface area contributed by atoms with E-state index in [2.05, 4.69) is 16.0 Å². The summed E-state index contributed by atoms with van der Waals surface area (Å²) in [6.07, 6.45) is 4.41. The fourth-order valence-electron chi connectivity index (χ4n) is 2.38. The molecule has 1 aliphatic rings. The number of benzene rings is 1. The molecule has 7 nitrogen and oxygen atoms in total. The van der Waals surface area contributed by atoms with E-state index in [1.807, 2.05) is 0 Å². The number of nitrogens with one attached hydrogen (secondary N) is 3. The Labute approximate surface area is 137 Å². The Kier molecular flexibility index (Phi) is 3.91. The van der Waals surface area contributed by atoms with Crippen LogP contribution in [-0.2, 0) is 15.1 Å². The number of furan rings is 1. The van der Waals surface area contributed by atoms with E-state index in [0.717, 1.165) is 0 Å². The first-order valence-corrected chi connectivity index (χ1v) is 7.24. The van der Waals surface area contributed by atoms with Crippen LogP contribution in [-0.4, -0.2) is 17.8 Å². The van der Waals surface area contributed by atoms with E-state index in [1.165, 1.54) is 12.3 Å². The molecular formula is C17H15N3O4. The molecule has 0 bridgehead atoms. The van der Waals surface area contributed by atoms with E-state index >= 15 is 0 Å². The Balaban J connectivity index is 1.75. The van der Waals surface area contributed by atoms with Gasteiger partial charge in [-0.15, -0.1) is 0 Å². The summed E-state index contributed by atoms with van der Waals surface area (Å²) in [7, 11) is 0. The van der Waals surface area contributed by atoms with Gasteiger partial charge in [0.2, 0.25) is 5.91 Å². The van der Waals surface area contributed by atoms with Crippen molar-refractivity contribution in [1.82, 2.24) is 10.6 Å². The van der Waals surface area contributed by atoms with Crippen LogP contribution < -0.4 is 16.0 Å². The Morgan fingerprint density at radius 2 is 2.08 bits per heavy atom. The average molecular weight is 325 g/mol. The molecule has 1 aromatic carbocycles. The van der Waals surface area contributed by atoms with E-state index in [0.29, 0.717) is 17.0 Å². The highest BCUT2D eigenvalue weighted by Gasteiger charge is 2.43. The number of carbonyl (C=O) groups excluding carboxylic acids is 3. The molecular weight excluding hydrogens is 310 g/mol. The molecule has 3 N–H and O–H groups in total. The highest BCUT2D eigenvalue weighted by atomic mass is 16.3. The normalized spacial score (nSPS) is 20.0. The van der Waals surface area contributed by atoms with Gasteiger partial charge < -0.3 is 15.1 Å². The van der Waals surface area contributed by atoms with E-state index < -0.39 is 17.5 Å². The van der Waals surface area contributed by atoms with Crippen molar-refractivity contribution in [2.75, 3.05) is 5.32 Å². The Morgan fingerprint density at radius 1 is 1.25 bits per heavy atom. The minimum absolute atomic E-state index is 0.339. The third-order valence-corrected chi connectivity index (χ3v) is 3.69. The zero-order valence-electron chi connectivity index (χ0n) is 12.8. The Hall–Kier alpha value is -3.35. The van der Waals surface area contributed by atoms with Gasteiger partial charge in [0.05, 0.1) is 6.26 Å². The summed E-state index contributed by atoms with van der Waals surface area (Å²) < 4.78 is 5.10. The van der Waals surface area contributed by atoms with Crippen molar-refractivity contribution in [3.8, 4) is 0 Å². The second kappa shape index (κ2) is 6.04. The summed E-state index contributed by atoms with van der Waals surface area (Å²) in [4.78, 5) is 35.3. The first-order chi connectivity index (χ1) is 11.5. The second-order valence-corrected chi connectivity index (χ2v) is 5.45. The first kappa shape index (κ1) is 15.5. The molecule has 3 rings (SSSR count). The fraction of sp³-hybridized carbons (Fsp3) is 0.118. The van der Waals surface area contributed by atoms with Crippen LogP contribution >= 0.6 is 0 Å². The zero-order chi connectivity index (χ0) is 17.2. The summed E-state index contributed by atoms with van der Waals surface area (Å²) in [6, 6.07) is 9.65. The molecule has 0 aliphatic carbocycles. The summed E-state index contributed by atoms with van der Waals surface area (Å²) in [6.45, 7) is 1.60. The second-order valence-electron chi connectivity index (χ2n) is 5.45. The Morgan fingerprint density at radius 3 is 2.75 bits per heavy atom. The van der Waals surface area contributed by atoms with Crippen LogP contribution in [0, 0.1) is 0 Å². The third-order valence-electron chi connectivity index (χ3n) is 3.69. The fourth-order valence-corrected chi connectivity index (χ4v) is 2.38. The number of anilines is 1. The molecule has 24 heavy (non-hydrogen) atoms. The van der Waals surface area contributed by atoms with Crippen LogP contribution in [0.5, 0.6) is 0 Å². The van der Waals surface area contributed by atoms with Crippen molar-refractivity contribution in [1.29, 1.82) is 0 Å². The molecule has 122 valence electrons. The lowest BCUT2D eigenvalue weighted by Gasteiger charge is -2.21. The monoisotopic (exact) mass is 325 g/mol. The minimum Gasteiger partial charge on any atom is -0.465 e. The van der Waals surface area contributed by atoms with E-state index in [4.69, 9.17) is 4.42 Å². The summed E-state index contributed by atoms with van der Waals surface area (Å²) in [5, 5.41) is 7.49. The molecule has 1 fully saturated rings. The van der Waals surface area contributed by atoms with Crippen molar-refractivity contribution in [3.05, 3.63) is 60.1 Å². The van der Waals surface area contributed by atoms with Crippen molar-refractivity contribution < 1.29 is 18.8 Å². The van der Waals surface area contributed by atoms with Gasteiger partial charge in [-0.1, -0.05) is 12.1 Å². The van der Waals surface area contributed by atoms with Gasteiger partial charge in [0.15, 0.2) is 0 Å². The highest BCUT2D eigenvalue weighted by Crippen LogP contribution is 2.26. The van der Waals surface area contributed by atoms with Crippen LogP contribution in [0.25, 0.3) is 6.08 Å². The molecule has 0 saturated carbocycles. The lowest BCUT2D eigenvalue weighted by atomic mass is 9.92. The Bertz CT molecular complexity index is 826. The molecule has 1 saturated heterocycles. The summed E-state index contributed by atoms with van der Waals surface area (Å²) in [5.74, 6) is -0.209. The number of imide groups is 1. The standard InChI is InChI=1S/C17H15N3O4/c1-17(15(22)19-16(23)20-17)11-4-2-5-12(10-11)18-14(21)8-7-13-6-3-9-24-13/h2-10H,1H3,(H,18,21)(H2,19,20,22,23)/b8-7+. The van der Waals surface area contributed by atoms with Crippen molar-refractivity contribution in [3.63, 3.8) is 0 Å². The molecule has 4 amide bonds. The van der Waals surface area contributed by atoms with E-state index in [-0.39, 0.29) is 5.91 Å². The molecule has 7 heteroatoms. The molecule has 2 heterocycles. The quantitative estimate of drug-likeness (QED) is 0.591. The molecule has 0 radical (unpaired) electrons. The van der Waals surface area contributed by atoms with Crippen LogP contribution in [0.3, 0.4) is 0 Å². The van der Waals surface area contributed by atoms with Gasteiger partial charge in [0.25, 0.3) is 5.91 Å². The summed E-state index contributed by atoms with van der Waals surface area (Å²) in [5.41, 5.74) is -0.0857. The molecule has 1 aliphatic heterocycles. The number of amides is 4. The molecule has 1 aromatic heterocycles. The minimum atomic E-state index is -1.16. The van der Waals surface area contributed by atoms with Crippen LogP contribution in [0.15, 0.2) is 53.2 Å². The highest BCUT2D eigenvalue weighted by molar-refractivity contribution is 6.07. The van der Waals surface area contributed by atoms with Crippen molar-refractivity contribution in [2.45, 2.75) is 12.5 Å². The maximum absolute atomic E-state index is 12.0. The third kappa shape index (κ3) is 3.05. The predicted molar refractivity (Wildman–Crippen MR) is 86.8 cm³/mol. The smallest absolute Gasteiger partial charge is 0.322 e. The SMILES string of the molecule is CC1(c2cccc(NC(=O)/C=C/c3ccco3)c2)NC(=O)NC1=O. The lowest BCUT2D eigenvalue weighted by molar-refractivity contribution is -0.123. The molecule has 1 atom stereocenters. The lowest BCUT2D eigenvalue weighted by Crippen LogP contribution is -2.40. The number of carbonyl (C=O) groups is 3. The average Bonchev–Trinajstić information content (AvgIpc) is 3.14. The maximum Gasteiger partial charge on any atom is 0.322 e. The largest absolute Gasteiger partial charge is 0.465 e. The number of hydrogen-bond donors (Lipinski definition) is 3. The summed E-state index contributed by atoms with van der Waals surface area (Å²) >= 11 is 0. The van der Waals surface area contributed by atoms with Gasteiger partial charge >= 0.3 is 6.03 Å². The van der Waals surface area contributed by atoms with Gasteiger partial charge in [-0.2, -0.15) is 0 Å². The van der Waals surface area contributed by atoms with Gasteiger partial charge in [-0.3, -0.25) is 14.9 Å². The molecule has 2 aromatic rings. The van der Waals surface area contributed by atoms with Crippen LogP contribution in [0.4, 0.5) is 10.5 Å². The predicted octanol–water partition coefficient (Wildman–Crippen LogP) is 1.99. The molecule has 0 spiro atoms. The van der Waals surface area contributed by atoms with Crippen molar-refractivity contribution >= 4 is 29.6 Å². The zero-order valence-corrected chi connectivity index (χ0v) is 12.8. The van der Waals surface area contributed by atoms with Crippen molar-refractivity contribution in [2.24, 2.45) is 0 Å². The number of hydrogen-bond acceptors (Lipinski definition) is 4.